The number of fused-ring (bicyclic) bond motifs is 1. The number of aryl methyl sites for hydroxylation is 1. The molecule has 0 bridgehead atoms. The van der Waals surface area contributed by atoms with E-state index in [2.05, 4.69) is 11.1 Å². The summed E-state index contributed by atoms with van der Waals surface area (Å²) in [5.74, 6) is 0.760. The average molecular weight is 340 g/mol. The summed E-state index contributed by atoms with van der Waals surface area (Å²) < 4.78 is 5.30. The standard InChI is InChI=1S/C20H24N2O3/c1-5-17-18(13(3)23)12(2)21-19(17)20(24)22-9-8-14-6-7-16(25-4)10-15(14)11-22/h6-7,10,21H,5,8-9,11H2,1-4H3. The second kappa shape index (κ2) is 6.75. The fraction of sp³-hybridized carbons (Fsp3) is 0.400. The van der Waals surface area contributed by atoms with E-state index >= 15 is 0 Å². The van der Waals surface area contributed by atoms with Gasteiger partial charge >= 0.3 is 0 Å². The summed E-state index contributed by atoms with van der Waals surface area (Å²) in [6.07, 6.45) is 1.48. The zero-order chi connectivity index (χ0) is 18.1. The van der Waals surface area contributed by atoms with Gasteiger partial charge in [0.1, 0.15) is 11.4 Å². The Labute approximate surface area is 148 Å². The van der Waals surface area contributed by atoms with E-state index in [1.165, 1.54) is 5.56 Å². The number of benzene rings is 1. The number of ether oxygens (including phenoxy) is 1. The molecule has 0 aliphatic carbocycles. The van der Waals surface area contributed by atoms with E-state index in [9.17, 15) is 9.59 Å². The van der Waals surface area contributed by atoms with Crippen LogP contribution in [0.4, 0.5) is 0 Å². The molecule has 1 aromatic heterocycles. The van der Waals surface area contributed by atoms with Crippen molar-refractivity contribution in [3.63, 3.8) is 0 Å². The van der Waals surface area contributed by atoms with Crippen LogP contribution in [0, 0.1) is 6.92 Å². The highest BCUT2D eigenvalue weighted by molar-refractivity contribution is 6.02. The first-order valence-electron chi connectivity index (χ1n) is 8.63. The average Bonchev–Trinajstić information content (AvgIpc) is 2.96. The van der Waals surface area contributed by atoms with Gasteiger partial charge in [-0.25, -0.2) is 0 Å². The summed E-state index contributed by atoms with van der Waals surface area (Å²) in [7, 11) is 1.64. The molecule has 0 spiro atoms. The zero-order valence-electron chi connectivity index (χ0n) is 15.2. The number of hydrogen-bond acceptors (Lipinski definition) is 3. The lowest BCUT2D eigenvalue weighted by atomic mass is 9.98. The molecule has 1 aliphatic heterocycles. The molecule has 25 heavy (non-hydrogen) atoms. The number of rotatable bonds is 4. The minimum absolute atomic E-state index is 0.00150. The Kier molecular flexibility index (Phi) is 4.66. The molecule has 132 valence electrons. The topological polar surface area (TPSA) is 62.4 Å². The number of methoxy groups -OCH3 is 1. The lowest BCUT2D eigenvalue weighted by Gasteiger charge is -2.29. The predicted molar refractivity (Wildman–Crippen MR) is 96.4 cm³/mol. The van der Waals surface area contributed by atoms with Crippen LogP contribution in [-0.4, -0.2) is 35.2 Å². The summed E-state index contributed by atoms with van der Waals surface area (Å²) in [6, 6.07) is 6.02. The molecule has 1 amide bonds. The third kappa shape index (κ3) is 3.06. The second-order valence-electron chi connectivity index (χ2n) is 6.50. The predicted octanol–water partition coefficient (Wildman–Crippen LogP) is 3.30. The maximum Gasteiger partial charge on any atom is 0.270 e. The maximum atomic E-state index is 13.1. The van der Waals surface area contributed by atoms with Gasteiger partial charge < -0.3 is 14.6 Å². The molecule has 1 aromatic carbocycles. The Hall–Kier alpha value is -2.56. The van der Waals surface area contributed by atoms with Crippen LogP contribution in [0.5, 0.6) is 5.75 Å². The van der Waals surface area contributed by atoms with Gasteiger partial charge in [0.2, 0.25) is 0 Å². The van der Waals surface area contributed by atoms with Gasteiger partial charge in [-0.05, 0) is 55.5 Å². The second-order valence-corrected chi connectivity index (χ2v) is 6.50. The zero-order valence-corrected chi connectivity index (χ0v) is 15.2. The summed E-state index contributed by atoms with van der Waals surface area (Å²) >= 11 is 0. The number of Topliss-reactive ketones (excluding diaryl/α,β-unsaturated/α-hetero) is 1. The van der Waals surface area contributed by atoms with Crippen LogP contribution in [0.15, 0.2) is 18.2 Å². The van der Waals surface area contributed by atoms with Crippen LogP contribution in [0.2, 0.25) is 0 Å². The van der Waals surface area contributed by atoms with E-state index in [0.717, 1.165) is 29.0 Å². The van der Waals surface area contributed by atoms with E-state index in [1.807, 2.05) is 30.9 Å². The van der Waals surface area contributed by atoms with Crippen molar-refractivity contribution in [2.24, 2.45) is 0 Å². The van der Waals surface area contributed by atoms with Crippen molar-refractivity contribution in [3.8, 4) is 5.75 Å². The number of H-pyrrole nitrogens is 1. The van der Waals surface area contributed by atoms with Crippen LogP contribution in [0.25, 0.3) is 0 Å². The Morgan fingerprint density at radius 3 is 2.68 bits per heavy atom. The first-order chi connectivity index (χ1) is 12.0. The molecule has 0 atom stereocenters. The Balaban J connectivity index is 1.92. The molecule has 0 saturated heterocycles. The maximum absolute atomic E-state index is 13.1. The molecule has 5 heteroatoms. The fourth-order valence-electron chi connectivity index (χ4n) is 3.68. The fourth-order valence-corrected chi connectivity index (χ4v) is 3.68. The highest BCUT2D eigenvalue weighted by Crippen LogP contribution is 2.27. The quantitative estimate of drug-likeness (QED) is 0.869. The largest absolute Gasteiger partial charge is 0.497 e. The lowest BCUT2D eigenvalue weighted by Crippen LogP contribution is -2.36. The third-order valence-corrected chi connectivity index (χ3v) is 4.92. The van der Waals surface area contributed by atoms with Crippen molar-refractivity contribution in [2.75, 3.05) is 13.7 Å². The van der Waals surface area contributed by atoms with Crippen molar-refractivity contribution in [2.45, 2.75) is 40.2 Å². The van der Waals surface area contributed by atoms with Gasteiger partial charge in [0.05, 0.1) is 7.11 Å². The molecular formula is C20H24N2O3. The number of ketones is 1. The number of nitrogens with one attached hydrogen (secondary N) is 1. The summed E-state index contributed by atoms with van der Waals surface area (Å²) in [5.41, 5.74) is 5.18. The number of hydrogen-bond donors (Lipinski definition) is 1. The molecule has 0 radical (unpaired) electrons. The van der Waals surface area contributed by atoms with Crippen LogP contribution in [0.1, 0.15) is 57.1 Å². The van der Waals surface area contributed by atoms with Gasteiger partial charge in [0.15, 0.2) is 5.78 Å². The first kappa shape index (κ1) is 17.3. The van der Waals surface area contributed by atoms with Gasteiger partial charge in [-0.15, -0.1) is 0 Å². The van der Waals surface area contributed by atoms with Gasteiger partial charge in [-0.3, -0.25) is 9.59 Å². The molecule has 3 rings (SSSR count). The van der Waals surface area contributed by atoms with Crippen molar-refractivity contribution >= 4 is 11.7 Å². The molecule has 0 fully saturated rings. The van der Waals surface area contributed by atoms with Crippen LogP contribution in [-0.2, 0) is 19.4 Å². The van der Waals surface area contributed by atoms with E-state index in [0.29, 0.717) is 30.8 Å². The van der Waals surface area contributed by atoms with Crippen molar-refractivity contribution in [1.82, 2.24) is 9.88 Å². The number of carbonyl (C=O) groups excluding carboxylic acids is 2. The summed E-state index contributed by atoms with van der Waals surface area (Å²) in [5, 5.41) is 0. The molecular weight excluding hydrogens is 316 g/mol. The Morgan fingerprint density at radius 2 is 2.04 bits per heavy atom. The minimum atomic E-state index is -0.0408. The third-order valence-electron chi connectivity index (χ3n) is 4.92. The van der Waals surface area contributed by atoms with E-state index in [1.54, 1.807) is 14.0 Å². The molecule has 1 N–H and O–H groups in total. The smallest absolute Gasteiger partial charge is 0.270 e. The number of aromatic amines is 1. The van der Waals surface area contributed by atoms with E-state index in [-0.39, 0.29) is 11.7 Å². The molecule has 0 unspecified atom stereocenters. The highest BCUT2D eigenvalue weighted by Gasteiger charge is 2.27. The normalized spacial score (nSPS) is 13.5. The van der Waals surface area contributed by atoms with Gasteiger partial charge in [0.25, 0.3) is 5.91 Å². The minimum Gasteiger partial charge on any atom is -0.497 e. The SMILES string of the molecule is CCc1c(C(=O)N2CCc3ccc(OC)cc3C2)[nH]c(C)c1C(C)=O. The monoisotopic (exact) mass is 340 g/mol. The summed E-state index contributed by atoms with van der Waals surface area (Å²) in [4.78, 5) is 30.0. The van der Waals surface area contributed by atoms with Crippen LogP contribution in [0.3, 0.4) is 0 Å². The number of aromatic nitrogens is 1. The molecule has 0 saturated carbocycles. The number of amides is 1. The van der Waals surface area contributed by atoms with Crippen LogP contribution >= 0.6 is 0 Å². The number of nitrogens with zero attached hydrogens (tertiary/aromatic N) is 1. The van der Waals surface area contributed by atoms with Crippen molar-refractivity contribution in [3.05, 3.63) is 51.8 Å². The van der Waals surface area contributed by atoms with Crippen molar-refractivity contribution < 1.29 is 14.3 Å². The first-order valence-corrected chi connectivity index (χ1v) is 8.63. The van der Waals surface area contributed by atoms with Crippen LogP contribution < -0.4 is 4.74 Å². The van der Waals surface area contributed by atoms with Gasteiger partial charge in [-0.1, -0.05) is 13.0 Å². The molecule has 1 aliphatic rings. The Morgan fingerprint density at radius 1 is 1.28 bits per heavy atom. The molecule has 2 heterocycles. The van der Waals surface area contributed by atoms with Gasteiger partial charge in [0, 0.05) is 24.3 Å². The Bertz CT molecular complexity index is 836. The van der Waals surface area contributed by atoms with E-state index < -0.39 is 0 Å². The van der Waals surface area contributed by atoms with E-state index in [4.69, 9.17) is 4.74 Å². The highest BCUT2D eigenvalue weighted by atomic mass is 16.5. The van der Waals surface area contributed by atoms with Crippen molar-refractivity contribution in [1.29, 1.82) is 0 Å². The summed E-state index contributed by atoms with van der Waals surface area (Å²) in [6.45, 7) is 6.61. The number of carbonyl (C=O) groups is 2. The molecule has 2 aromatic rings. The molecule has 5 nitrogen and oxygen atoms in total. The lowest BCUT2D eigenvalue weighted by molar-refractivity contribution is 0.0728. The van der Waals surface area contributed by atoms with Gasteiger partial charge in [-0.2, -0.15) is 0 Å².